The van der Waals surface area contributed by atoms with E-state index < -0.39 is 0 Å². The van der Waals surface area contributed by atoms with E-state index >= 15 is 0 Å². The Bertz CT molecular complexity index is 480. The smallest absolute Gasteiger partial charge is 0.254 e. The maximum absolute atomic E-state index is 12.6. The van der Waals surface area contributed by atoms with Crippen LogP contribution in [0, 0.1) is 5.92 Å². The lowest BCUT2D eigenvalue weighted by Crippen LogP contribution is -2.43. The Kier molecular flexibility index (Phi) is 5.10. The lowest BCUT2D eigenvalue weighted by atomic mass is 9.88. The van der Waals surface area contributed by atoms with Gasteiger partial charge in [-0.1, -0.05) is 6.92 Å². The fourth-order valence-corrected chi connectivity index (χ4v) is 4.37. The van der Waals surface area contributed by atoms with Crippen molar-refractivity contribution < 1.29 is 4.79 Å². The summed E-state index contributed by atoms with van der Waals surface area (Å²) in [5.41, 5.74) is 8.22. The third-order valence-electron chi connectivity index (χ3n) is 4.46. The van der Waals surface area contributed by atoms with Gasteiger partial charge < -0.3 is 10.6 Å². The molecule has 1 fully saturated rings. The molecule has 0 saturated carbocycles. The SMILES string of the molecule is CC1CCc2c(C(=O)N3CCC(N)CC3)csc2C1.Cl. The molecule has 0 spiro atoms. The molecule has 1 aromatic rings. The van der Waals surface area contributed by atoms with Gasteiger partial charge in [0.05, 0.1) is 5.56 Å². The van der Waals surface area contributed by atoms with Crippen LogP contribution in [0.15, 0.2) is 5.38 Å². The number of rotatable bonds is 1. The monoisotopic (exact) mass is 314 g/mol. The van der Waals surface area contributed by atoms with Crippen LogP contribution in [0.1, 0.15) is 47.0 Å². The minimum absolute atomic E-state index is 0. The molecule has 1 aliphatic heterocycles. The Morgan fingerprint density at radius 3 is 2.75 bits per heavy atom. The predicted octanol–water partition coefficient (Wildman–Crippen LogP) is 2.86. The van der Waals surface area contributed by atoms with Crippen molar-refractivity contribution in [1.29, 1.82) is 0 Å². The summed E-state index contributed by atoms with van der Waals surface area (Å²) in [7, 11) is 0. The first-order chi connectivity index (χ1) is 9.15. The van der Waals surface area contributed by atoms with Crippen LogP contribution in [-0.4, -0.2) is 29.9 Å². The Labute approximate surface area is 130 Å². The molecule has 2 aliphatic rings. The summed E-state index contributed by atoms with van der Waals surface area (Å²) in [6.45, 7) is 3.94. The van der Waals surface area contributed by atoms with Crippen molar-refractivity contribution in [2.75, 3.05) is 13.1 Å². The maximum atomic E-state index is 12.6. The molecule has 112 valence electrons. The van der Waals surface area contributed by atoms with Gasteiger partial charge in [0.25, 0.3) is 5.91 Å². The lowest BCUT2D eigenvalue weighted by molar-refractivity contribution is 0.0714. The van der Waals surface area contributed by atoms with Crippen LogP contribution < -0.4 is 5.73 Å². The minimum atomic E-state index is 0. The number of halogens is 1. The number of fused-ring (bicyclic) bond motifs is 1. The van der Waals surface area contributed by atoms with Gasteiger partial charge in [-0.05, 0) is 43.6 Å². The van der Waals surface area contributed by atoms with E-state index in [-0.39, 0.29) is 24.4 Å². The number of carbonyl (C=O) groups excluding carboxylic acids is 1. The summed E-state index contributed by atoms with van der Waals surface area (Å²) >= 11 is 1.78. The molecule has 0 radical (unpaired) electrons. The molecule has 3 rings (SSSR count). The zero-order chi connectivity index (χ0) is 13.4. The summed E-state index contributed by atoms with van der Waals surface area (Å²) in [6, 6.07) is 0.279. The highest BCUT2D eigenvalue weighted by Gasteiger charge is 2.27. The fraction of sp³-hybridized carbons (Fsp3) is 0.667. The maximum Gasteiger partial charge on any atom is 0.254 e. The number of likely N-dealkylation sites (tertiary alicyclic amines) is 1. The highest BCUT2D eigenvalue weighted by atomic mass is 35.5. The second kappa shape index (κ2) is 6.46. The lowest BCUT2D eigenvalue weighted by Gasteiger charge is -2.30. The third-order valence-corrected chi connectivity index (χ3v) is 5.51. The van der Waals surface area contributed by atoms with Crippen LogP contribution in [0.25, 0.3) is 0 Å². The minimum Gasteiger partial charge on any atom is -0.338 e. The summed E-state index contributed by atoms with van der Waals surface area (Å²) < 4.78 is 0. The number of carbonyl (C=O) groups is 1. The molecule has 1 amide bonds. The van der Waals surface area contributed by atoms with E-state index in [2.05, 4.69) is 12.3 Å². The molecule has 0 bridgehead atoms. The Hall–Kier alpha value is -0.580. The number of nitrogens with zero attached hydrogens (tertiary/aromatic N) is 1. The van der Waals surface area contributed by atoms with Gasteiger partial charge in [-0.2, -0.15) is 0 Å². The Morgan fingerprint density at radius 2 is 2.05 bits per heavy atom. The second-order valence-electron chi connectivity index (χ2n) is 6.03. The molecular formula is C15H23ClN2OS. The quantitative estimate of drug-likeness (QED) is 0.866. The first-order valence-corrected chi connectivity index (χ1v) is 8.17. The van der Waals surface area contributed by atoms with E-state index in [1.54, 1.807) is 11.3 Å². The third kappa shape index (κ3) is 3.02. The van der Waals surface area contributed by atoms with E-state index in [0.29, 0.717) is 0 Å². The van der Waals surface area contributed by atoms with Gasteiger partial charge in [-0.25, -0.2) is 0 Å². The van der Waals surface area contributed by atoms with Crippen LogP contribution in [0.5, 0.6) is 0 Å². The number of nitrogens with two attached hydrogens (primary N) is 1. The zero-order valence-corrected chi connectivity index (χ0v) is 13.6. The Balaban J connectivity index is 0.00000147. The highest BCUT2D eigenvalue weighted by Crippen LogP contribution is 2.33. The van der Waals surface area contributed by atoms with E-state index in [4.69, 9.17) is 5.73 Å². The fourth-order valence-electron chi connectivity index (χ4n) is 3.13. The number of thiophene rings is 1. The molecule has 1 saturated heterocycles. The molecule has 1 unspecified atom stereocenters. The van der Waals surface area contributed by atoms with Crippen LogP contribution in [0.3, 0.4) is 0 Å². The molecule has 2 heterocycles. The van der Waals surface area contributed by atoms with Gasteiger partial charge in [0, 0.05) is 29.4 Å². The average Bonchev–Trinajstić information content (AvgIpc) is 2.81. The van der Waals surface area contributed by atoms with Crippen LogP contribution in [0.2, 0.25) is 0 Å². The molecule has 0 aromatic carbocycles. The molecular weight excluding hydrogens is 292 g/mol. The number of hydrogen-bond acceptors (Lipinski definition) is 3. The van der Waals surface area contributed by atoms with Crippen LogP contribution in [-0.2, 0) is 12.8 Å². The second-order valence-corrected chi connectivity index (χ2v) is 6.99. The topological polar surface area (TPSA) is 46.3 Å². The average molecular weight is 315 g/mol. The first kappa shape index (κ1) is 15.8. The molecule has 5 heteroatoms. The van der Waals surface area contributed by atoms with E-state index in [1.807, 2.05) is 4.90 Å². The number of hydrogen-bond donors (Lipinski definition) is 1. The van der Waals surface area contributed by atoms with Crippen molar-refractivity contribution in [2.24, 2.45) is 11.7 Å². The van der Waals surface area contributed by atoms with E-state index in [9.17, 15) is 4.79 Å². The largest absolute Gasteiger partial charge is 0.338 e. The normalized spacial score (nSPS) is 23.1. The van der Waals surface area contributed by atoms with Crippen molar-refractivity contribution in [2.45, 2.75) is 45.1 Å². The molecule has 2 N–H and O–H groups in total. The van der Waals surface area contributed by atoms with Gasteiger partial charge in [-0.3, -0.25) is 4.79 Å². The van der Waals surface area contributed by atoms with Gasteiger partial charge in [0.1, 0.15) is 0 Å². The van der Waals surface area contributed by atoms with E-state index in [1.165, 1.54) is 16.9 Å². The number of piperidine rings is 1. The van der Waals surface area contributed by atoms with Gasteiger partial charge >= 0.3 is 0 Å². The van der Waals surface area contributed by atoms with Gasteiger partial charge in [-0.15, -0.1) is 23.7 Å². The van der Waals surface area contributed by atoms with Crippen molar-refractivity contribution in [3.05, 3.63) is 21.4 Å². The standard InChI is InChI=1S/C15H22N2OS.ClH/c1-10-2-3-12-13(9-19-14(12)8-10)15(18)17-6-4-11(16)5-7-17;/h9-11H,2-8,16H2,1H3;1H. The van der Waals surface area contributed by atoms with Gasteiger partial charge in [0.15, 0.2) is 0 Å². The van der Waals surface area contributed by atoms with E-state index in [0.717, 1.165) is 50.3 Å². The molecule has 1 aliphatic carbocycles. The van der Waals surface area contributed by atoms with Crippen molar-refractivity contribution in [3.63, 3.8) is 0 Å². The summed E-state index contributed by atoms with van der Waals surface area (Å²) in [5.74, 6) is 1.00. The van der Waals surface area contributed by atoms with Crippen molar-refractivity contribution in [3.8, 4) is 0 Å². The zero-order valence-electron chi connectivity index (χ0n) is 11.9. The molecule has 1 atom stereocenters. The summed E-state index contributed by atoms with van der Waals surface area (Å²) in [6.07, 6.45) is 5.33. The molecule has 3 nitrogen and oxygen atoms in total. The predicted molar refractivity (Wildman–Crippen MR) is 85.9 cm³/mol. The number of amides is 1. The Morgan fingerprint density at radius 1 is 1.35 bits per heavy atom. The summed E-state index contributed by atoms with van der Waals surface area (Å²) in [4.78, 5) is 16.0. The van der Waals surface area contributed by atoms with Crippen molar-refractivity contribution >= 4 is 29.7 Å². The molecule has 1 aromatic heterocycles. The molecule has 20 heavy (non-hydrogen) atoms. The van der Waals surface area contributed by atoms with Crippen molar-refractivity contribution in [1.82, 2.24) is 4.90 Å². The summed E-state index contributed by atoms with van der Waals surface area (Å²) in [5, 5.41) is 2.08. The first-order valence-electron chi connectivity index (χ1n) is 7.29. The highest BCUT2D eigenvalue weighted by molar-refractivity contribution is 7.10. The van der Waals surface area contributed by atoms with Gasteiger partial charge in [0.2, 0.25) is 0 Å². The van der Waals surface area contributed by atoms with Crippen LogP contribution >= 0.6 is 23.7 Å². The van der Waals surface area contributed by atoms with Crippen LogP contribution in [0.4, 0.5) is 0 Å².